The zero-order valence-electron chi connectivity index (χ0n) is 18.6. The summed E-state index contributed by atoms with van der Waals surface area (Å²) in [5, 5.41) is 5.26. The van der Waals surface area contributed by atoms with E-state index in [1.54, 1.807) is 12.2 Å². The molecule has 0 aliphatic rings. The summed E-state index contributed by atoms with van der Waals surface area (Å²) in [6.45, 7) is 9.71. The van der Waals surface area contributed by atoms with Crippen molar-refractivity contribution in [2.45, 2.75) is 44.7 Å². The number of allylic oxidation sites excluding steroid dienone is 2. The average molecular weight is 443 g/mol. The fourth-order valence-corrected chi connectivity index (χ4v) is 2.84. The van der Waals surface area contributed by atoms with Crippen LogP contribution in [0.3, 0.4) is 0 Å². The molecule has 0 aliphatic carbocycles. The largest absolute Gasteiger partial charge is 0.445 e. The van der Waals surface area contributed by atoms with E-state index in [4.69, 9.17) is 16.2 Å². The molecule has 0 unspecified atom stereocenters. The fraction of sp³-hybridized carbons (Fsp3) is 0.375. The lowest BCUT2D eigenvalue weighted by atomic mass is 10.0. The van der Waals surface area contributed by atoms with Gasteiger partial charge in [-0.3, -0.25) is 9.59 Å². The third-order valence-electron chi connectivity index (χ3n) is 4.71. The predicted molar refractivity (Wildman–Crippen MR) is 126 cm³/mol. The third kappa shape index (κ3) is 10.6. The lowest BCUT2D eigenvalue weighted by Gasteiger charge is -2.18. The highest BCUT2D eigenvalue weighted by Crippen LogP contribution is 2.08. The number of nitrogens with two attached hydrogens (primary N) is 2. The van der Waals surface area contributed by atoms with Crippen molar-refractivity contribution >= 4 is 17.9 Å². The van der Waals surface area contributed by atoms with Gasteiger partial charge in [-0.2, -0.15) is 0 Å². The molecule has 8 nitrogen and oxygen atoms in total. The molecule has 0 saturated carbocycles. The number of primary amides is 1. The normalized spacial score (nSPS) is 12.9. The van der Waals surface area contributed by atoms with E-state index in [0.29, 0.717) is 32.2 Å². The van der Waals surface area contributed by atoms with Gasteiger partial charge in [0.15, 0.2) is 0 Å². The Morgan fingerprint density at radius 1 is 1.19 bits per heavy atom. The second-order valence-corrected chi connectivity index (χ2v) is 7.47. The Labute approximate surface area is 189 Å². The van der Waals surface area contributed by atoms with Crippen molar-refractivity contribution < 1.29 is 19.1 Å². The fourth-order valence-electron chi connectivity index (χ4n) is 2.84. The van der Waals surface area contributed by atoms with Gasteiger partial charge in [0.2, 0.25) is 11.8 Å². The lowest BCUT2D eigenvalue weighted by molar-refractivity contribution is -0.128. The van der Waals surface area contributed by atoms with Crippen LogP contribution in [-0.2, 0) is 20.7 Å². The van der Waals surface area contributed by atoms with Gasteiger partial charge >= 0.3 is 6.09 Å². The molecule has 0 aromatic heterocycles. The van der Waals surface area contributed by atoms with E-state index in [-0.39, 0.29) is 6.61 Å². The van der Waals surface area contributed by atoms with Gasteiger partial charge in [-0.25, -0.2) is 4.79 Å². The highest BCUT2D eigenvalue weighted by Gasteiger charge is 2.21. The van der Waals surface area contributed by atoms with Crippen molar-refractivity contribution in [2.24, 2.45) is 11.5 Å². The lowest BCUT2D eigenvalue weighted by Crippen LogP contribution is -2.51. The summed E-state index contributed by atoms with van der Waals surface area (Å²) in [6.07, 6.45) is 4.65. The number of alkyl carbamates (subject to hydrolysis) is 1. The first-order valence-electron chi connectivity index (χ1n) is 10.5. The molecule has 0 aliphatic heterocycles. The van der Waals surface area contributed by atoms with Gasteiger partial charge in [0, 0.05) is 6.54 Å². The summed E-state index contributed by atoms with van der Waals surface area (Å²) < 4.78 is 5.14. The van der Waals surface area contributed by atoms with E-state index in [1.807, 2.05) is 37.3 Å². The van der Waals surface area contributed by atoms with Gasteiger partial charge in [0.05, 0.1) is 6.04 Å². The van der Waals surface area contributed by atoms with E-state index in [2.05, 4.69) is 23.8 Å². The second kappa shape index (κ2) is 14.6. The van der Waals surface area contributed by atoms with Crippen molar-refractivity contribution in [2.75, 3.05) is 13.2 Å². The molecule has 0 fully saturated rings. The van der Waals surface area contributed by atoms with Crippen LogP contribution >= 0.6 is 0 Å². The molecule has 8 heteroatoms. The quantitative estimate of drug-likeness (QED) is 0.258. The molecule has 0 bridgehead atoms. The summed E-state index contributed by atoms with van der Waals surface area (Å²) in [5.74, 6) is -1.06. The number of ether oxygens (including phenoxy) is 1. The number of nitrogens with one attached hydrogen (secondary N) is 2. The summed E-state index contributed by atoms with van der Waals surface area (Å²) in [5.41, 5.74) is 13.9. The topological polar surface area (TPSA) is 137 Å². The summed E-state index contributed by atoms with van der Waals surface area (Å²) in [7, 11) is 0. The number of rotatable bonds is 14. The summed E-state index contributed by atoms with van der Waals surface area (Å²) in [4.78, 5) is 35.8. The average Bonchev–Trinajstić information content (AvgIpc) is 2.75. The van der Waals surface area contributed by atoms with E-state index < -0.39 is 30.0 Å². The number of unbranched alkanes of at least 4 members (excludes halogenated alkanes) is 1. The Bertz CT molecular complexity index is 821. The monoisotopic (exact) mass is 442 g/mol. The molecule has 1 aromatic carbocycles. The molecule has 0 heterocycles. The maximum atomic E-state index is 12.3. The van der Waals surface area contributed by atoms with Gasteiger partial charge in [0.1, 0.15) is 12.6 Å². The molecule has 1 rings (SSSR count). The minimum Gasteiger partial charge on any atom is -0.445 e. The van der Waals surface area contributed by atoms with Gasteiger partial charge in [-0.1, -0.05) is 61.2 Å². The maximum absolute atomic E-state index is 12.3. The van der Waals surface area contributed by atoms with E-state index in [1.165, 1.54) is 0 Å². The first-order chi connectivity index (χ1) is 15.2. The number of amides is 3. The minimum absolute atomic E-state index is 0.103. The van der Waals surface area contributed by atoms with Crippen molar-refractivity contribution in [1.82, 2.24) is 10.6 Å². The Hall–Kier alpha value is -3.39. The number of hydrogen-bond donors (Lipinski definition) is 4. The zero-order chi connectivity index (χ0) is 23.9. The Morgan fingerprint density at radius 2 is 1.88 bits per heavy atom. The van der Waals surface area contributed by atoms with Crippen LogP contribution in [0.1, 0.15) is 31.7 Å². The van der Waals surface area contributed by atoms with Crippen LogP contribution in [0.25, 0.3) is 0 Å². The molecule has 1 aromatic rings. The second-order valence-electron chi connectivity index (χ2n) is 7.47. The SMILES string of the molecule is C=C/C=C(/COC(=O)NCCCC[C@H](NC(=O)[C@@H](N)Cc1ccccc1)C(N)=O)C(=C)C. The van der Waals surface area contributed by atoms with Crippen LogP contribution in [0, 0.1) is 0 Å². The number of benzene rings is 1. The molecule has 0 radical (unpaired) electrons. The van der Waals surface area contributed by atoms with Crippen LogP contribution in [0.15, 0.2) is 66.8 Å². The first-order valence-corrected chi connectivity index (χ1v) is 10.5. The molecule has 32 heavy (non-hydrogen) atoms. The van der Waals surface area contributed by atoms with Crippen LogP contribution in [0.4, 0.5) is 4.79 Å². The van der Waals surface area contributed by atoms with Gasteiger partial charge in [-0.15, -0.1) is 0 Å². The van der Waals surface area contributed by atoms with Gasteiger partial charge in [-0.05, 0) is 43.7 Å². The van der Waals surface area contributed by atoms with E-state index in [9.17, 15) is 14.4 Å². The predicted octanol–water partition coefficient (Wildman–Crippen LogP) is 2.11. The van der Waals surface area contributed by atoms with Crippen LogP contribution < -0.4 is 22.1 Å². The van der Waals surface area contributed by atoms with Crippen molar-refractivity contribution in [3.63, 3.8) is 0 Å². The van der Waals surface area contributed by atoms with Crippen LogP contribution in [-0.4, -0.2) is 43.1 Å². The molecular weight excluding hydrogens is 408 g/mol. The molecule has 2 atom stereocenters. The van der Waals surface area contributed by atoms with E-state index in [0.717, 1.165) is 16.7 Å². The summed E-state index contributed by atoms with van der Waals surface area (Å²) in [6, 6.07) is 7.78. The molecule has 6 N–H and O–H groups in total. The van der Waals surface area contributed by atoms with Gasteiger partial charge < -0.3 is 26.8 Å². The highest BCUT2D eigenvalue weighted by atomic mass is 16.5. The third-order valence-corrected chi connectivity index (χ3v) is 4.71. The molecule has 0 spiro atoms. The number of carbonyl (C=O) groups excluding carboxylic acids is 3. The number of hydrogen-bond acceptors (Lipinski definition) is 5. The Morgan fingerprint density at radius 3 is 2.47 bits per heavy atom. The zero-order valence-corrected chi connectivity index (χ0v) is 18.6. The number of carbonyl (C=O) groups is 3. The first kappa shape index (κ1) is 26.6. The molecule has 174 valence electrons. The molecular formula is C24H34N4O4. The smallest absolute Gasteiger partial charge is 0.407 e. The Kier molecular flexibility index (Phi) is 12.1. The molecule has 0 saturated heterocycles. The highest BCUT2D eigenvalue weighted by molar-refractivity contribution is 5.89. The summed E-state index contributed by atoms with van der Waals surface area (Å²) >= 11 is 0. The Balaban J connectivity index is 2.34. The van der Waals surface area contributed by atoms with Crippen molar-refractivity contribution in [3.05, 3.63) is 72.4 Å². The van der Waals surface area contributed by atoms with Crippen molar-refractivity contribution in [1.29, 1.82) is 0 Å². The van der Waals surface area contributed by atoms with E-state index >= 15 is 0 Å². The standard InChI is InChI=1S/C24H34N4O4/c1-4-10-19(17(2)3)16-32-24(31)27-14-9-8-13-21(22(26)29)28-23(30)20(25)15-18-11-6-5-7-12-18/h4-7,10-12,20-21H,1-2,8-9,13-16,25H2,3H3,(H2,26,29)(H,27,31)(H,28,30)/b19-10-/t20-,21-/m0/s1. The minimum atomic E-state index is -0.821. The van der Waals surface area contributed by atoms with Crippen LogP contribution in [0.5, 0.6) is 0 Å². The van der Waals surface area contributed by atoms with Gasteiger partial charge in [0.25, 0.3) is 0 Å². The molecule has 3 amide bonds. The van der Waals surface area contributed by atoms with Crippen LogP contribution in [0.2, 0.25) is 0 Å². The van der Waals surface area contributed by atoms with Crippen molar-refractivity contribution in [3.8, 4) is 0 Å². The maximum Gasteiger partial charge on any atom is 0.407 e.